The topological polar surface area (TPSA) is 103 Å². The second kappa shape index (κ2) is 3.85. The summed E-state index contributed by atoms with van der Waals surface area (Å²) in [5.41, 5.74) is 0.597. The van der Waals surface area contributed by atoms with Gasteiger partial charge in [-0.2, -0.15) is 5.26 Å². The van der Waals surface area contributed by atoms with E-state index >= 15 is 0 Å². The summed E-state index contributed by atoms with van der Waals surface area (Å²) in [7, 11) is -4.55. The molecule has 6 nitrogen and oxygen atoms in total. The minimum absolute atomic E-state index is 0.0500. The molecule has 0 bridgehead atoms. The number of phosphoric ester groups is 1. The molecule has 0 spiro atoms. The third-order valence-electron chi connectivity index (χ3n) is 1.68. The summed E-state index contributed by atoms with van der Waals surface area (Å²) >= 11 is 1.13. The molecule has 2 rings (SSSR count). The lowest BCUT2D eigenvalue weighted by Gasteiger charge is -2.05. The molecule has 0 atom stereocenters. The molecule has 82 valence electrons. The molecule has 0 saturated heterocycles. The fourth-order valence-electron chi connectivity index (χ4n) is 1.15. The fraction of sp³-hybridized carbons (Fsp3) is 0. The molecule has 2 N–H and O–H groups in total. The molecule has 1 heterocycles. The van der Waals surface area contributed by atoms with Gasteiger partial charge in [0.2, 0.25) is 0 Å². The third-order valence-corrected chi connectivity index (χ3v) is 3.05. The van der Waals surface area contributed by atoms with Crippen LogP contribution in [0.1, 0.15) is 5.01 Å². The van der Waals surface area contributed by atoms with Crippen LogP contribution in [0, 0.1) is 11.3 Å². The minimum Gasteiger partial charge on any atom is -0.404 e. The normalized spacial score (nSPS) is 11.3. The highest BCUT2D eigenvalue weighted by Gasteiger charge is 2.16. The number of hydrogen-bond donors (Lipinski definition) is 2. The zero-order valence-corrected chi connectivity index (χ0v) is 9.40. The van der Waals surface area contributed by atoms with E-state index in [4.69, 9.17) is 15.0 Å². The number of fused-ring (bicyclic) bond motifs is 1. The van der Waals surface area contributed by atoms with Crippen LogP contribution in [0.3, 0.4) is 0 Å². The van der Waals surface area contributed by atoms with Crippen LogP contribution >= 0.6 is 19.2 Å². The van der Waals surface area contributed by atoms with Crippen molar-refractivity contribution in [2.75, 3.05) is 0 Å². The van der Waals surface area contributed by atoms with Crippen molar-refractivity contribution in [3.8, 4) is 11.8 Å². The van der Waals surface area contributed by atoms with Crippen LogP contribution in [0.4, 0.5) is 0 Å². The Morgan fingerprint density at radius 1 is 1.50 bits per heavy atom. The molecule has 0 fully saturated rings. The Morgan fingerprint density at radius 2 is 2.25 bits per heavy atom. The lowest BCUT2D eigenvalue weighted by atomic mass is 10.3. The van der Waals surface area contributed by atoms with Crippen molar-refractivity contribution in [3.05, 3.63) is 23.2 Å². The lowest BCUT2D eigenvalue weighted by molar-refractivity contribution is 0.283. The molecular weight excluding hydrogens is 251 g/mol. The lowest BCUT2D eigenvalue weighted by Crippen LogP contribution is -1.89. The maximum Gasteiger partial charge on any atom is 0.524 e. The minimum atomic E-state index is -4.55. The van der Waals surface area contributed by atoms with Gasteiger partial charge >= 0.3 is 7.82 Å². The molecular formula is C8H5N2O4PS. The molecule has 0 radical (unpaired) electrons. The summed E-state index contributed by atoms with van der Waals surface area (Å²) < 4.78 is 15.7. The summed E-state index contributed by atoms with van der Waals surface area (Å²) in [6, 6.07) is 6.27. The first-order valence-electron chi connectivity index (χ1n) is 4.04. The van der Waals surface area contributed by atoms with E-state index in [1.807, 2.05) is 6.07 Å². The molecule has 0 amide bonds. The zero-order valence-electron chi connectivity index (χ0n) is 7.69. The number of rotatable bonds is 2. The average Bonchev–Trinajstić information content (AvgIpc) is 2.57. The van der Waals surface area contributed by atoms with Crippen LogP contribution in [0.2, 0.25) is 0 Å². The van der Waals surface area contributed by atoms with Gasteiger partial charge < -0.3 is 4.52 Å². The van der Waals surface area contributed by atoms with Crippen molar-refractivity contribution in [2.45, 2.75) is 0 Å². The van der Waals surface area contributed by atoms with Gasteiger partial charge in [0.1, 0.15) is 11.8 Å². The predicted octanol–water partition coefficient (Wildman–Crippen LogP) is 1.64. The van der Waals surface area contributed by atoms with Crippen molar-refractivity contribution in [2.24, 2.45) is 0 Å². The van der Waals surface area contributed by atoms with Crippen LogP contribution in [0.15, 0.2) is 18.2 Å². The Hall–Kier alpha value is -1.45. The summed E-state index contributed by atoms with van der Waals surface area (Å²) in [6.07, 6.45) is 0. The van der Waals surface area contributed by atoms with E-state index in [0.717, 1.165) is 11.3 Å². The van der Waals surface area contributed by atoms with E-state index in [9.17, 15) is 4.57 Å². The number of aromatic nitrogens is 1. The average molecular weight is 256 g/mol. The van der Waals surface area contributed by atoms with Crippen LogP contribution < -0.4 is 4.52 Å². The van der Waals surface area contributed by atoms with E-state index in [0.29, 0.717) is 15.2 Å². The second-order valence-corrected chi connectivity index (χ2v) is 5.04. The molecule has 0 aliphatic carbocycles. The van der Waals surface area contributed by atoms with Crippen molar-refractivity contribution >= 4 is 29.4 Å². The number of hydrogen-bond acceptors (Lipinski definition) is 5. The van der Waals surface area contributed by atoms with E-state index < -0.39 is 7.82 Å². The van der Waals surface area contributed by atoms with Gasteiger partial charge in [0.25, 0.3) is 0 Å². The standard InChI is InChI=1S/C8H5N2O4PS/c9-4-8-10-6-2-1-5(3-7(6)16-8)14-15(11,12)13/h1-3H,(H2,11,12,13). The Kier molecular flexibility index (Phi) is 2.66. The van der Waals surface area contributed by atoms with E-state index in [1.54, 1.807) is 0 Å². The highest BCUT2D eigenvalue weighted by Crippen LogP contribution is 2.38. The Balaban J connectivity index is 2.44. The Morgan fingerprint density at radius 3 is 2.88 bits per heavy atom. The monoisotopic (exact) mass is 256 g/mol. The smallest absolute Gasteiger partial charge is 0.404 e. The maximum absolute atomic E-state index is 10.6. The first kappa shape index (κ1) is 11.0. The largest absolute Gasteiger partial charge is 0.524 e. The summed E-state index contributed by atoms with van der Waals surface area (Å²) in [5.74, 6) is 0.0500. The van der Waals surface area contributed by atoms with Crippen LogP contribution in [0.5, 0.6) is 5.75 Å². The highest BCUT2D eigenvalue weighted by atomic mass is 32.1. The van der Waals surface area contributed by atoms with Gasteiger partial charge in [-0.3, -0.25) is 9.79 Å². The number of nitriles is 1. The predicted molar refractivity (Wildman–Crippen MR) is 57.0 cm³/mol. The first-order chi connectivity index (χ1) is 7.48. The first-order valence-corrected chi connectivity index (χ1v) is 6.38. The molecule has 1 aromatic carbocycles. The summed E-state index contributed by atoms with van der Waals surface area (Å²) in [6.45, 7) is 0. The molecule has 8 heteroatoms. The maximum atomic E-state index is 10.6. The van der Waals surface area contributed by atoms with Crippen molar-refractivity contribution < 1.29 is 18.9 Å². The molecule has 0 aliphatic heterocycles. The Labute approximate surface area is 94.0 Å². The molecule has 2 aromatic rings. The number of benzene rings is 1. The van der Waals surface area contributed by atoms with Gasteiger partial charge in [-0.15, -0.1) is 11.3 Å². The zero-order chi connectivity index (χ0) is 11.8. The second-order valence-electron chi connectivity index (χ2n) is 2.84. The Bertz CT molecular complexity index is 626. The highest BCUT2D eigenvalue weighted by molar-refractivity contribution is 7.46. The fourth-order valence-corrected chi connectivity index (χ4v) is 2.33. The quantitative estimate of drug-likeness (QED) is 0.791. The van der Waals surface area contributed by atoms with Crippen molar-refractivity contribution in [1.82, 2.24) is 4.98 Å². The van der Waals surface area contributed by atoms with Gasteiger partial charge in [-0.05, 0) is 12.1 Å². The SMILES string of the molecule is N#Cc1nc2ccc(OP(=O)(O)O)cc2s1. The van der Waals surface area contributed by atoms with E-state index in [-0.39, 0.29) is 5.75 Å². The molecule has 0 saturated carbocycles. The number of nitrogens with zero attached hydrogens (tertiary/aromatic N) is 2. The third kappa shape index (κ3) is 2.38. The molecule has 0 aliphatic rings. The van der Waals surface area contributed by atoms with Gasteiger partial charge in [0.15, 0.2) is 5.01 Å². The van der Waals surface area contributed by atoms with Gasteiger partial charge in [0, 0.05) is 6.07 Å². The van der Waals surface area contributed by atoms with E-state index in [2.05, 4.69) is 9.51 Å². The summed E-state index contributed by atoms with van der Waals surface area (Å²) in [5, 5.41) is 8.93. The van der Waals surface area contributed by atoms with Gasteiger partial charge in [-0.25, -0.2) is 9.55 Å². The summed E-state index contributed by atoms with van der Waals surface area (Å²) in [4.78, 5) is 21.2. The molecule has 1 aromatic heterocycles. The molecule has 16 heavy (non-hydrogen) atoms. The van der Waals surface area contributed by atoms with Crippen molar-refractivity contribution in [3.63, 3.8) is 0 Å². The number of thiazole rings is 1. The van der Waals surface area contributed by atoms with Crippen LogP contribution in [-0.4, -0.2) is 14.8 Å². The molecule has 0 unspecified atom stereocenters. The van der Waals surface area contributed by atoms with Gasteiger partial charge in [0.05, 0.1) is 10.2 Å². The van der Waals surface area contributed by atoms with Gasteiger partial charge in [-0.1, -0.05) is 0 Å². The van der Waals surface area contributed by atoms with Crippen LogP contribution in [-0.2, 0) is 4.57 Å². The number of phosphoric acid groups is 1. The van der Waals surface area contributed by atoms with E-state index in [1.165, 1.54) is 18.2 Å². The van der Waals surface area contributed by atoms with Crippen LogP contribution in [0.25, 0.3) is 10.2 Å². The van der Waals surface area contributed by atoms with Crippen molar-refractivity contribution in [1.29, 1.82) is 5.26 Å².